The second kappa shape index (κ2) is 10.6. The van der Waals surface area contributed by atoms with Crippen molar-refractivity contribution < 1.29 is 9.23 Å². The van der Waals surface area contributed by atoms with Crippen molar-refractivity contribution in [1.82, 2.24) is 5.06 Å². The van der Waals surface area contributed by atoms with Gasteiger partial charge in [0.2, 0.25) is 0 Å². The van der Waals surface area contributed by atoms with E-state index >= 15 is 0 Å². The number of nitrogens with zero attached hydrogens (tertiary/aromatic N) is 2. The first-order valence-electron chi connectivity index (χ1n) is 11.5. The standard InChI is InChI=1S/C26H32FN3O/c1-20-9-5-6-12-24(20)25(28-23-15-13-21(27)14-16-23)19-26(30-17-7-8-18-31-30)29-22-10-3-2-4-11-22/h5-6,9,12-16,19,22,28H,2-4,7-8,10-11,17-18H2,1H3. The fourth-order valence-electron chi connectivity index (χ4n) is 4.22. The predicted molar refractivity (Wildman–Crippen MR) is 125 cm³/mol. The summed E-state index contributed by atoms with van der Waals surface area (Å²) in [7, 11) is 0. The average Bonchev–Trinajstić information content (AvgIpc) is 2.81. The van der Waals surface area contributed by atoms with Crippen LogP contribution in [0.15, 0.2) is 59.6 Å². The number of hydrogen-bond donors (Lipinski definition) is 1. The Kier molecular flexibility index (Phi) is 7.36. The van der Waals surface area contributed by atoms with Gasteiger partial charge in [0, 0.05) is 29.6 Å². The molecule has 0 bridgehead atoms. The molecule has 1 aliphatic carbocycles. The zero-order valence-electron chi connectivity index (χ0n) is 18.3. The van der Waals surface area contributed by atoms with Crippen molar-refractivity contribution >= 4 is 17.2 Å². The summed E-state index contributed by atoms with van der Waals surface area (Å²) >= 11 is 0. The fraction of sp³-hybridized carbons (Fsp3) is 0.423. The number of amidine groups is 1. The molecule has 1 saturated heterocycles. The van der Waals surface area contributed by atoms with Gasteiger partial charge in [-0.15, -0.1) is 0 Å². The summed E-state index contributed by atoms with van der Waals surface area (Å²) < 4.78 is 13.4. The van der Waals surface area contributed by atoms with E-state index < -0.39 is 0 Å². The van der Waals surface area contributed by atoms with E-state index in [1.807, 2.05) is 17.2 Å². The van der Waals surface area contributed by atoms with Crippen LogP contribution in [-0.2, 0) is 4.84 Å². The molecule has 0 aromatic heterocycles. The number of halogens is 1. The van der Waals surface area contributed by atoms with E-state index in [-0.39, 0.29) is 5.82 Å². The number of hydrogen-bond acceptors (Lipinski definition) is 3. The second-order valence-electron chi connectivity index (χ2n) is 8.43. The number of anilines is 1. The van der Waals surface area contributed by atoms with E-state index in [4.69, 9.17) is 9.83 Å². The van der Waals surface area contributed by atoms with Crippen LogP contribution in [0, 0.1) is 12.7 Å². The summed E-state index contributed by atoms with van der Waals surface area (Å²) in [4.78, 5) is 11.1. The highest BCUT2D eigenvalue weighted by Crippen LogP contribution is 2.25. The average molecular weight is 422 g/mol. The molecule has 164 valence electrons. The van der Waals surface area contributed by atoms with Crippen molar-refractivity contribution in [2.75, 3.05) is 18.5 Å². The molecule has 31 heavy (non-hydrogen) atoms. The molecule has 1 aliphatic heterocycles. The molecule has 0 amide bonds. The Morgan fingerprint density at radius 2 is 1.81 bits per heavy atom. The smallest absolute Gasteiger partial charge is 0.150 e. The fourth-order valence-corrected chi connectivity index (χ4v) is 4.22. The topological polar surface area (TPSA) is 36.9 Å². The molecule has 4 rings (SSSR count). The Morgan fingerprint density at radius 3 is 2.52 bits per heavy atom. The highest BCUT2D eigenvalue weighted by atomic mass is 19.1. The maximum absolute atomic E-state index is 13.4. The van der Waals surface area contributed by atoms with Crippen LogP contribution in [0.1, 0.15) is 56.1 Å². The Bertz CT molecular complexity index is 911. The maximum atomic E-state index is 13.4. The van der Waals surface area contributed by atoms with Crippen molar-refractivity contribution in [3.63, 3.8) is 0 Å². The molecule has 2 aromatic carbocycles. The van der Waals surface area contributed by atoms with Gasteiger partial charge in [-0.25, -0.2) is 9.45 Å². The number of rotatable bonds is 5. The molecule has 5 heteroatoms. The molecule has 2 aromatic rings. The number of hydroxylamine groups is 2. The molecule has 0 atom stereocenters. The zero-order valence-corrected chi connectivity index (χ0v) is 18.3. The van der Waals surface area contributed by atoms with Crippen molar-refractivity contribution in [3.8, 4) is 0 Å². The SMILES string of the molecule is Cc1ccccc1C(=CC(=NC1CCCCC1)N1CCCCO1)Nc1ccc(F)cc1. The van der Waals surface area contributed by atoms with Gasteiger partial charge in [-0.2, -0.15) is 0 Å². The van der Waals surface area contributed by atoms with Gasteiger partial charge < -0.3 is 5.32 Å². The highest BCUT2D eigenvalue weighted by Gasteiger charge is 2.20. The third kappa shape index (κ3) is 5.95. The minimum absolute atomic E-state index is 0.242. The van der Waals surface area contributed by atoms with Gasteiger partial charge in [-0.3, -0.25) is 9.83 Å². The van der Waals surface area contributed by atoms with Crippen LogP contribution >= 0.6 is 0 Å². The largest absolute Gasteiger partial charge is 0.355 e. The third-order valence-electron chi connectivity index (χ3n) is 5.98. The monoisotopic (exact) mass is 421 g/mol. The van der Waals surface area contributed by atoms with Crippen LogP contribution in [-0.4, -0.2) is 30.1 Å². The zero-order chi connectivity index (χ0) is 21.5. The summed E-state index contributed by atoms with van der Waals surface area (Å²) in [5.41, 5.74) is 4.04. The first kappa shape index (κ1) is 21.6. The van der Waals surface area contributed by atoms with Gasteiger partial charge in [-0.1, -0.05) is 43.5 Å². The summed E-state index contributed by atoms with van der Waals surface area (Å²) in [5, 5.41) is 5.46. The molecular weight excluding hydrogens is 389 g/mol. The quantitative estimate of drug-likeness (QED) is 0.452. The molecule has 0 radical (unpaired) electrons. The second-order valence-corrected chi connectivity index (χ2v) is 8.43. The van der Waals surface area contributed by atoms with Crippen molar-refractivity contribution in [3.05, 3.63) is 71.6 Å². The van der Waals surface area contributed by atoms with Gasteiger partial charge in [-0.05, 0) is 62.4 Å². The Labute approximate surface area is 184 Å². The number of nitrogens with one attached hydrogen (secondary N) is 1. The van der Waals surface area contributed by atoms with E-state index in [0.29, 0.717) is 6.04 Å². The molecule has 2 aliphatic rings. The first-order valence-corrected chi connectivity index (χ1v) is 11.5. The van der Waals surface area contributed by atoms with Crippen LogP contribution in [0.5, 0.6) is 0 Å². The van der Waals surface area contributed by atoms with E-state index in [9.17, 15) is 4.39 Å². The van der Waals surface area contributed by atoms with Crippen molar-refractivity contribution in [2.45, 2.75) is 57.9 Å². The molecule has 4 nitrogen and oxygen atoms in total. The van der Waals surface area contributed by atoms with Crippen LogP contribution in [0.2, 0.25) is 0 Å². The maximum Gasteiger partial charge on any atom is 0.150 e. The van der Waals surface area contributed by atoms with Crippen molar-refractivity contribution in [2.24, 2.45) is 4.99 Å². The van der Waals surface area contributed by atoms with Gasteiger partial charge in [0.05, 0.1) is 12.6 Å². The molecule has 0 spiro atoms. The van der Waals surface area contributed by atoms with Crippen LogP contribution < -0.4 is 5.32 Å². The highest BCUT2D eigenvalue weighted by molar-refractivity contribution is 6.01. The Morgan fingerprint density at radius 1 is 1.03 bits per heavy atom. The molecule has 1 N–H and O–H groups in total. The van der Waals surface area contributed by atoms with E-state index in [0.717, 1.165) is 61.6 Å². The van der Waals surface area contributed by atoms with Crippen molar-refractivity contribution in [1.29, 1.82) is 0 Å². The van der Waals surface area contributed by atoms with Crippen LogP contribution in [0.25, 0.3) is 5.70 Å². The van der Waals surface area contributed by atoms with Gasteiger partial charge in [0.15, 0.2) is 0 Å². The van der Waals surface area contributed by atoms with E-state index in [1.165, 1.54) is 37.0 Å². The van der Waals surface area contributed by atoms with Gasteiger partial charge >= 0.3 is 0 Å². The minimum Gasteiger partial charge on any atom is -0.355 e. The molecule has 1 saturated carbocycles. The number of aliphatic imine (C=N–C) groups is 1. The van der Waals surface area contributed by atoms with Gasteiger partial charge in [0.25, 0.3) is 0 Å². The first-order chi connectivity index (χ1) is 15.2. The van der Waals surface area contributed by atoms with E-state index in [1.54, 1.807) is 12.1 Å². The Balaban J connectivity index is 1.72. The normalized spacial score (nSPS) is 18.8. The van der Waals surface area contributed by atoms with E-state index in [2.05, 4.69) is 30.4 Å². The molecule has 1 heterocycles. The lowest BCUT2D eigenvalue weighted by molar-refractivity contribution is -0.122. The Hall–Kier alpha value is -2.66. The lowest BCUT2D eigenvalue weighted by Gasteiger charge is -2.30. The summed E-state index contributed by atoms with van der Waals surface area (Å²) in [6.45, 7) is 3.67. The van der Waals surface area contributed by atoms with Crippen LogP contribution in [0.3, 0.4) is 0 Å². The summed E-state index contributed by atoms with van der Waals surface area (Å²) in [5.74, 6) is 0.632. The molecular formula is C26H32FN3O. The number of benzene rings is 2. The minimum atomic E-state index is -0.242. The third-order valence-corrected chi connectivity index (χ3v) is 5.98. The molecule has 2 fully saturated rings. The van der Waals surface area contributed by atoms with Gasteiger partial charge in [0.1, 0.15) is 11.7 Å². The lowest BCUT2D eigenvalue weighted by atomic mass is 9.96. The number of aryl methyl sites for hydroxylation is 1. The lowest BCUT2D eigenvalue weighted by Crippen LogP contribution is -2.36. The summed E-state index contributed by atoms with van der Waals surface area (Å²) in [6, 6.07) is 15.1. The van der Waals surface area contributed by atoms with Crippen LogP contribution in [0.4, 0.5) is 10.1 Å². The predicted octanol–water partition coefficient (Wildman–Crippen LogP) is 6.35. The summed E-state index contributed by atoms with van der Waals surface area (Å²) in [6.07, 6.45) is 10.3. The molecule has 0 unspecified atom stereocenters.